The van der Waals surface area contributed by atoms with Crippen LogP contribution in [0.25, 0.3) is 11.3 Å². The van der Waals surface area contributed by atoms with Gasteiger partial charge >= 0.3 is 18.3 Å². The maximum Gasteiger partial charge on any atom is 0.434 e. The van der Waals surface area contributed by atoms with E-state index in [2.05, 4.69) is 26.0 Å². The summed E-state index contributed by atoms with van der Waals surface area (Å²) in [7, 11) is 1.08. The van der Waals surface area contributed by atoms with Crippen molar-refractivity contribution in [3.63, 3.8) is 0 Å². The van der Waals surface area contributed by atoms with Crippen molar-refractivity contribution in [2.24, 2.45) is 13.0 Å². The summed E-state index contributed by atoms with van der Waals surface area (Å²) in [5.41, 5.74) is -6.49. The number of rotatable bonds is 8. The van der Waals surface area contributed by atoms with Crippen LogP contribution >= 0.6 is 51.1 Å². The Morgan fingerprint density at radius 3 is 1.92 bits per heavy atom. The lowest BCUT2D eigenvalue weighted by molar-refractivity contribution is -0.144. The van der Waals surface area contributed by atoms with Crippen LogP contribution in [-0.4, -0.2) is 49.6 Å². The van der Waals surface area contributed by atoms with E-state index in [1.807, 2.05) is 0 Å². The maximum atomic E-state index is 14.3. The van der Waals surface area contributed by atoms with E-state index in [1.54, 1.807) is 27.7 Å². The molecule has 0 fully saturated rings. The minimum atomic E-state index is -5.10. The first kappa shape index (κ1) is 43.4. The van der Waals surface area contributed by atoms with Gasteiger partial charge in [-0.1, -0.05) is 49.0 Å². The van der Waals surface area contributed by atoms with Gasteiger partial charge in [-0.05, 0) is 72.3 Å². The van der Waals surface area contributed by atoms with Gasteiger partial charge in [-0.15, -0.1) is 0 Å². The lowest BCUT2D eigenvalue weighted by Gasteiger charge is -2.21. The first-order valence-corrected chi connectivity index (χ1v) is 17.6. The van der Waals surface area contributed by atoms with E-state index in [0.29, 0.717) is 28.2 Å². The van der Waals surface area contributed by atoms with Crippen LogP contribution in [-0.2, 0) is 30.6 Å². The topological polar surface area (TPSA) is 91.2 Å². The Morgan fingerprint density at radius 2 is 1.50 bits per heavy atom. The molecular formula is C30H28BrClF9N3O4S2. The van der Waals surface area contributed by atoms with Crippen LogP contribution in [0.3, 0.4) is 0 Å². The highest BCUT2D eigenvalue weighted by Crippen LogP contribution is 2.42. The molecule has 276 valence electrons. The second-order valence-corrected chi connectivity index (χ2v) is 13.6. The molecule has 3 aromatic rings. The molecule has 0 saturated heterocycles. The van der Waals surface area contributed by atoms with Gasteiger partial charge in [0, 0.05) is 12.6 Å². The summed E-state index contributed by atoms with van der Waals surface area (Å²) < 4.78 is 125. The third-order valence-electron chi connectivity index (χ3n) is 6.33. The van der Waals surface area contributed by atoms with Gasteiger partial charge in [-0.3, -0.25) is 14.3 Å². The van der Waals surface area contributed by atoms with Crippen molar-refractivity contribution < 1.29 is 58.6 Å². The summed E-state index contributed by atoms with van der Waals surface area (Å²) in [5.74, 6) is -2.00. The molecule has 0 amide bonds. The number of thioether (sulfide) groups is 2. The molecule has 0 aliphatic carbocycles. The van der Waals surface area contributed by atoms with Crippen molar-refractivity contribution in [1.29, 1.82) is 0 Å². The fourth-order valence-electron chi connectivity index (χ4n) is 4.42. The monoisotopic (exact) mass is 843 g/mol. The van der Waals surface area contributed by atoms with Crippen molar-refractivity contribution in [1.82, 2.24) is 14.8 Å². The summed E-state index contributed by atoms with van der Waals surface area (Å²) in [6.07, 6.45) is -11.2. The molecule has 2 heterocycles. The Labute approximate surface area is 302 Å². The molecule has 0 unspecified atom stereocenters. The van der Waals surface area contributed by atoms with Gasteiger partial charge in [-0.25, -0.2) is 22.9 Å². The molecule has 20 heteroatoms. The van der Waals surface area contributed by atoms with Gasteiger partial charge in [0.25, 0.3) is 6.43 Å². The van der Waals surface area contributed by atoms with Crippen LogP contribution in [0.4, 0.5) is 39.5 Å². The van der Waals surface area contributed by atoms with Gasteiger partial charge < -0.3 is 4.74 Å². The van der Waals surface area contributed by atoms with E-state index >= 15 is 0 Å². The number of aromatic nitrogens is 3. The zero-order valence-electron chi connectivity index (χ0n) is 27.0. The number of halogens is 11. The van der Waals surface area contributed by atoms with Gasteiger partial charge in [0.2, 0.25) is 10.2 Å². The zero-order chi connectivity index (χ0) is 38.6. The van der Waals surface area contributed by atoms with E-state index in [1.165, 1.54) is 12.5 Å². The number of esters is 1. The molecule has 50 heavy (non-hydrogen) atoms. The lowest BCUT2D eigenvalue weighted by Crippen LogP contribution is -2.23. The summed E-state index contributed by atoms with van der Waals surface area (Å²) in [5, 5.41) is 1.69. The number of carbonyl (C=O) groups excluding carboxylic acids is 3. The first-order chi connectivity index (χ1) is 22.9. The summed E-state index contributed by atoms with van der Waals surface area (Å²) in [4.78, 5) is 39.3. The molecule has 0 saturated carbocycles. The van der Waals surface area contributed by atoms with Crippen LogP contribution in [0, 0.1) is 11.7 Å². The van der Waals surface area contributed by atoms with E-state index in [9.17, 15) is 53.9 Å². The van der Waals surface area contributed by atoms with Gasteiger partial charge in [0.15, 0.2) is 11.4 Å². The number of nitrogens with zero attached hydrogens (tertiary/aromatic N) is 3. The van der Waals surface area contributed by atoms with Gasteiger partial charge in [0.1, 0.15) is 17.2 Å². The molecule has 0 spiro atoms. The van der Waals surface area contributed by atoms with Gasteiger partial charge in [-0.2, -0.15) is 31.4 Å². The van der Waals surface area contributed by atoms with Crippen molar-refractivity contribution in [3.8, 4) is 11.3 Å². The highest BCUT2D eigenvalue weighted by atomic mass is 79.9. The smallest absolute Gasteiger partial charge is 0.434 e. The lowest BCUT2D eigenvalue weighted by atomic mass is 9.92. The van der Waals surface area contributed by atoms with E-state index in [0.717, 1.165) is 19.2 Å². The van der Waals surface area contributed by atoms with Crippen molar-refractivity contribution in [2.75, 3.05) is 12.5 Å². The van der Waals surface area contributed by atoms with E-state index < -0.39 is 79.6 Å². The molecule has 0 aliphatic rings. The number of pyridine rings is 1. The van der Waals surface area contributed by atoms with Crippen molar-refractivity contribution >= 4 is 67.3 Å². The molecule has 1 aromatic carbocycles. The number of ether oxygens (including phenoxy) is 1. The number of benzene rings is 1. The third kappa shape index (κ3) is 10.2. The van der Waals surface area contributed by atoms with Crippen LogP contribution in [0.1, 0.15) is 87.8 Å². The second kappa shape index (κ2) is 17.2. The molecule has 0 aliphatic heterocycles. The maximum absolute atomic E-state index is 14.3. The SMILES string of the molecule is CC(C)OC(=O)c1cc(-c2nn(C)c(C(F)(F)F)c2Br)c(F)cc1Cl.CSC(=O)c1c(C(F)F)nc(C(F)(F)F)c(C(=O)SC)c1CC(C)C. The molecule has 2 aromatic heterocycles. The molecule has 0 atom stereocenters. The molecule has 0 N–H and O–H groups in total. The van der Waals surface area contributed by atoms with Crippen LogP contribution in [0.5, 0.6) is 0 Å². The van der Waals surface area contributed by atoms with Crippen LogP contribution in [0.2, 0.25) is 5.02 Å². The Hall–Kier alpha value is -2.77. The molecule has 0 bridgehead atoms. The van der Waals surface area contributed by atoms with Gasteiger partial charge in [0.05, 0.1) is 32.3 Å². The number of aryl methyl sites for hydroxylation is 1. The normalized spacial score (nSPS) is 12.0. The predicted molar refractivity (Wildman–Crippen MR) is 175 cm³/mol. The first-order valence-electron chi connectivity index (χ1n) is 14.0. The Balaban J connectivity index is 0.000000347. The standard InChI is InChI=1S/C15H12BrClF4N2O2.C15H16F5NO2S2/c1-6(2)25-14(24)7-4-8(10(18)5-9(7)17)12-11(16)13(15(19,20)21)23(3)22-12;1-6(2)5-7-8(13(22)24-3)10(12(16)17)21-11(15(18,19)20)9(7)14(23)25-4/h4-6H,1-3H3;6,12H,5H2,1-4H3. The Kier molecular flexibility index (Phi) is 14.9. The number of carbonyl (C=O) groups is 3. The van der Waals surface area contributed by atoms with Crippen LogP contribution < -0.4 is 0 Å². The molecule has 0 radical (unpaired) electrons. The molecule has 7 nitrogen and oxygen atoms in total. The minimum absolute atomic E-state index is 0.130. The fourth-order valence-corrected chi connectivity index (χ4v) is 6.28. The third-order valence-corrected chi connectivity index (χ3v) is 8.54. The highest BCUT2D eigenvalue weighted by molar-refractivity contribution is 9.10. The Morgan fingerprint density at radius 1 is 0.960 bits per heavy atom. The fraction of sp³-hybridized carbons (Fsp3) is 0.433. The summed E-state index contributed by atoms with van der Waals surface area (Å²) in [6.45, 7) is 6.52. The second-order valence-electron chi connectivity index (χ2n) is 10.9. The van der Waals surface area contributed by atoms with Crippen molar-refractivity contribution in [2.45, 2.75) is 59.0 Å². The van der Waals surface area contributed by atoms with E-state index in [-0.39, 0.29) is 39.7 Å². The molecule has 3 rings (SSSR count). The van der Waals surface area contributed by atoms with E-state index in [4.69, 9.17) is 16.3 Å². The summed E-state index contributed by atoms with van der Waals surface area (Å²) in [6, 6.07) is 1.86. The number of hydrogen-bond donors (Lipinski definition) is 0. The quantitative estimate of drug-likeness (QED) is 0.164. The summed E-state index contributed by atoms with van der Waals surface area (Å²) >= 11 is 9.76. The molecular weight excluding hydrogens is 817 g/mol. The predicted octanol–water partition coefficient (Wildman–Crippen LogP) is 10.5. The highest BCUT2D eigenvalue weighted by Gasteiger charge is 2.42. The number of alkyl halides is 8. The average Bonchev–Trinajstić information content (AvgIpc) is 3.28. The zero-order valence-corrected chi connectivity index (χ0v) is 31.0. The number of hydrogen-bond acceptors (Lipinski definition) is 8. The Bertz CT molecular complexity index is 1760. The largest absolute Gasteiger partial charge is 0.459 e. The van der Waals surface area contributed by atoms with Crippen molar-refractivity contribution in [3.05, 3.63) is 66.8 Å². The average molecular weight is 845 g/mol. The van der Waals surface area contributed by atoms with Crippen LogP contribution in [0.15, 0.2) is 16.6 Å². The minimum Gasteiger partial charge on any atom is -0.459 e.